The molecule has 0 spiro atoms. The van der Waals surface area contributed by atoms with Crippen molar-refractivity contribution in [2.24, 2.45) is 0 Å². The molecule has 1 fully saturated rings. The van der Waals surface area contributed by atoms with Crippen molar-refractivity contribution >= 4 is 0 Å². The number of nitrogens with one attached hydrogen (secondary N) is 1. The molecule has 1 rings (SSSR count). The largest absolute Gasteiger partial charge is 0.312 e. The standard InChI is InChI=1S/C11H23N/c1-3-7-10(2)12-11-8-5-4-6-9-11/h10-12H,3-9H2,1-2H3. The van der Waals surface area contributed by atoms with E-state index in [1.54, 1.807) is 0 Å². The highest BCUT2D eigenvalue weighted by atomic mass is 14.9. The Bertz CT molecular complexity index is 106. The minimum absolute atomic E-state index is 0.734. The van der Waals surface area contributed by atoms with E-state index in [4.69, 9.17) is 0 Å². The van der Waals surface area contributed by atoms with Gasteiger partial charge in [-0.15, -0.1) is 0 Å². The molecule has 0 amide bonds. The van der Waals surface area contributed by atoms with E-state index in [1.165, 1.54) is 44.9 Å². The molecule has 72 valence electrons. The second-order valence-corrected chi connectivity index (χ2v) is 4.19. The molecule has 1 aliphatic rings. The van der Waals surface area contributed by atoms with E-state index in [1.807, 2.05) is 0 Å². The van der Waals surface area contributed by atoms with Gasteiger partial charge < -0.3 is 5.32 Å². The maximum Gasteiger partial charge on any atom is 0.00695 e. The molecule has 0 saturated heterocycles. The van der Waals surface area contributed by atoms with Crippen molar-refractivity contribution in [1.82, 2.24) is 5.32 Å². The van der Waals surface area contributed by atoms with E-state index in [0.717, 1.165) is 12.1 Å². The average molecular weight is 169 g/mol. The van der Waals surface area contributed by atoms with Gasteiger partial charge in [0.15, 0.2) is 0 Å². The van der Waals surface area contributed by atoms with E-state index >= 15 is 0 Å². The number of hydrogen-bond acceptors (Lipinski definition) is 1. The Labute approximate surface area is 76.9 Å². The van der Waals surface area contributed by atoms with E-state index in [2.05, 4.69) is 19.2 Å². The van der Waals surface area contributed by atoms with E-state index < -0.39 is 0 Å². The molecule has 0 bridgehead atoms. The Morgan fingerprint density at radius 3 is 2.50 bits per heavy atom. The zero-order valence-electron chi connectivity index (χ0n) is 8.60. The molecule has 1 atom stereocenters. The highest BCUT2D eigenvalue weighted by Crippen LogP contribution is 2.18. The second-order valence-electron chi connectivity index (χ2n) is 4.19. The van der Waals surface area contributed by atoms with Gasteiger partial charge in [0.05, 0.1) is 0 Å². The molecule has 1 nitrogen and oxygen atoms in total. The van der Waals surface area contributed by atoms with Crippen LogP contribution in [0.3, 0.4) is 0 Å². The quantitative estimate of drug-likeness (QED) is 0.682. The SMILES string of the molecule is CCCC(C)NC1CCCCC1. The summed E-state index contributed by atoms with van der Waals surface area (Å²) >= 11 is 0. The lowest BCUT2D eigenvalue weighted by Gasteiger charge is -2.26. The average Bonchev–Trinajstić information content (AvgIpc) is 2.06. The Kier molecular flexibility index (Phi) is 4.67. The van der Waals surface area contributed by atoms with Crippen molar-refractivity contribution in [2.75, 3.05) is 0 Å². The van der Waals surface area contributed by atoms with Crippen molar-refractivity contribution in [3.05, 3.63) is 0 Å². The highest BCUT2D eigenvalue weighted by Gasteiger charge is 2.14. The maximum absolute atomic E-state index is 3.72. The fourth-order valence-electron chi connectivity index (χ4n) is 2.19. The molecule has 12 heavy (non-hydrogen) atoms. The van der Waals surface area contributed by atoms with Gasteiger partial charge in [-0.1, -0.05) is 32.6 Å². The van der Waals surface area contributed by atoms with Gasteiger partial charge in [-0.2, -0.15) is 0 Å². The van der Waals surface area contributed by atoms with Crippen LogP contribution in [0.15, 0.2) is 0 Å². The number of rotatable bonds is 4. The van der Waals surface area contributed by atoms with Gasteiger partial charge in [0.2, 0.25) is 0 Å². The molecule has 0 aromatic rings. The third kappa shape index (κ3) is 3.57. The summed E-state index contributed by atoms with van der Waals surface area (Å²) in [4.78, 5) is 0. The van der Waals surface area contributed by atoms with Gasteiger partial charge in [0, 0.05) is 12.1 Å². The molecular formula is C11H23N. The first-order valence-corrected chi connectivity index (χ1v) is 5.59. The van der Waals surface area contributed by atoms with Gasteiger partial charge >= 0.3 is 0 Å². The summed E-state index contributed by atoms with van der Waals surface area (Å²) in [6.07, 6.45) is 9.80. The van der Waals surface area contributed by atoms with Crippen LogP contribution in [-0.4, -0.2) is 12.1 Å². The zero-order chi connectivity index (χ0) is 8.81. The van der Waals surface area contributed by atoms with Gasteiger partial charge in [-0.3, -0.25) is 0 Å². The molecule has 0 aliphatic heterocycles. The lowest BCUT2D eigenvalue weighted by Crippen LogP contribution is -2.37. The van der Waals surface area contributed by atoms with Crippen LogP contribution in [0.2, 0.25) is 0 Å². The molecule has 1 saturated carbocycles. The Hall–Kier alpha value is -0.0400. The van der Waals surface area contributed by atoms with Crippen LogP contribution < -0.4 is 5.32 Å². The fourth-order valence-corrected chi connectivity index (χ4v) is 2.19. The van der Waals surface area contributed by atoms with Gasteiger partial charge in [-0.05, 0) is 26.2 Å². The topological polar surface area (TPSA) is 12.0 Å². The van der Waals surface area contributed by atoms with Crippen molar-refractivity contribution < 1.29 is 0 Å². The highest BCUT2D eigenvalue weighted by molar-refractivity contribution is 4.74. The summed E-state index contributed by atoms with van der Waals surface area (Å²) in [5.41, 5.74) is 0. The predicted octanol–water partition coefficient (Wildman–Crippen LogP) is 3.10. The summed E-state index contributed by atoms with van der Waals surface area (Å²) < 4.78 is 0. The van der Waals surface area contributed by atoms with Crippen molar-refractivity contribution in [2.45, 2.75) is 70.9 Å². The molecule has 1 N–H and O–H groups in total. The normalized spacial score (nSPS) is 22.5. The molecule has 0 heterocycles. The number of hydrogen-bond donors (Lipinski definition) is 1. The molecule has 1 heteroatoms. The van der Waals surface area contributed by atoms with Crippen molar-refractivity contribution in [1.29, 1.82) is 0 Å². The molecule has 1 aliphatic carbocycles. The summed E-state index contributed by atoms with van der Waals surface area (Å²) in [5, 5.41) is 3.72. The van der Waals surface area contributed by atoms with Crippen LogP contribution in [-0.2, 0) is 0 Å². The van der Waals surface area contributed by atoms with Crippen LogP contribution >= 0.6 is 0 Å². The van der Waals surface area contributed by atoms with E-state index in [9.17, 15) is 0 Å². The van der Waals surface area contributed by atoms with Gasteiger partial charge in [0.25, 0.3) is 0 Å². The first-order valence-electron chi connectivity index (χ1n) is 5.59. The first-order chi connectivity index (χ1) is 5.83. The molecule has 1 unspecified atom stereocenters. The first kappa shape index (κ1) is 10.0. The van der Waals surface area contributed by atoms with Crippen molar-refractivity contribution in [3.63, 3.8) is 0 Å². The van der Waals surface area contributed by atoms with Gasteiger partial charge in [0.1, 0.15) is 0 Å². The second kappa shape index (κ2) is 5.58. The third-order valence-electron chi connectivity index (χ3n) is 2.85. The zero-order valence-corrected chi connectivity index (χ0v) is 8.60. The van der Waals surface area contributed by atoms with E-state index in [0.29, 0.717) is 0 Å². The summed E-state index contributed by atoms with van der Waals surface area (Å²) in [6, 6.07) is 1.57. The van der Waals surface area contributed by atoms with Crippen LogP contribution in [0, 0.1) is 0 Å². The Morgan fingerprint density at radius 2 is 1.92 bits per heavy atom. The van der Waals surface area contributed by atoms with Crippen LogP contribution in [0.1, 0.15) is 58.8 Å². The van der Waals surface area contributed by atoms with Crippen LogP contribution in [0.4, 0.5) is 0 Å². The summed E-state index contributed by atoms with van der Waals surface area (Å²) in [7, 11) is 0. The van der Waals surface area contributed by atoms with Crippen LogP contribution in [0.25, 0.3) is 0 Å². The molecular weight excluding hydrogens is 146 g/mol. The molecule has 0 aromatic carbocycles. The van der Waals surface area contributed by atoms with E-state index in [-0.39, 0.29) is 0 Å². The fraction of sp³-hybridized carbons (Fsp3) is 1.00. The summed E-state index contributed by atoms with van der Waals surface area (Å²) in [5.74, 6) is 0. The lowest BCUT2D eigenvalue weighted by atomic mass is 9.94. The minimum atomic E-state index is 0.734. The lowest BCUT2D eigenvalue weighted by molar-refractivity contribution is 0.336. The van der Waals surface area contributed by atoms with Crippen molar-refractivity contribution in [3.8, 4) is 0 Å². The Balaban J connectivity index is 2.11. The van der Waals surface area contributed by atoms with Gasteiger partial charge in [-0.25, -0.2) is 0 Å². The maximum atomic E-state index is 3.72. The smallest absolute Gasteiger partial charge is 0.00695 e. The molecule has 0 aromatic heterocycles. The Morgan fingerprint density at radius 1 is 1.25 bits per heavy atom. The van der Waals surface area contributed by atoms with Crippen LogP contribution in [0.5, 0.6) is 0 Å². The third-order valence-corrected chi connectivity index (χ3v) is 2.85. The summed E-state index contributed by atoms with van der Waals surface area (Å²) in [6.45, 7) is 4.58. The monoisotopic (exact) mass is 169 g/mol. The minimum Gasteiger partial charge on any atom is -0.312 e. The molecule has 0 radical (unpaired) electrons. The predicted molar refractivity (Wildman–Crippen MR) is 54.4 cm³/mol.